The number of hydrogen-bond acceptors (Lipinski definition) is 5. The SMILES string of the molecule is CCc1nc2scc(-c3ccco3)c2c(=O)n1CC#N. The van der Waals surface area contributed by atoms with Gasteiger partial charge in [0.25, 0.3) is 5.56 Å². The Bertz CT molecular complexity index is 853. The molecule has 0 aliphatic rings. The Labute approximate surface area is 118 Å². The van der Waals surface area contributed by atoms with Crippen LogP contribution in [0.15, 0.2) is 33.0 Å². The Morgan fingerprint density at radius 3 is 3.05 bits per heavy atom. The van der Waals surface area contributed by atoms with Crippen molar-refractivity contribution in [3.05, 3.63) is 40.0 Å². The predicted molar refractivity (Wildman–Crippen MR) is 76.6 cm³/mol. The van der Waals surface area contributed by atoms with Gasteiger partial charge in [-0.3, -0.25) is 9.36 Å². The van der Waals surface area contributed by atoms with Gasteiger partial charge in [-0.15, -0.1) is 11.3 Å². The molecular formula is C14H11N3O2S. The van der Waals surface area contributed by atoms with E-state index in [9.17, 15) is 4.79 Å². The molecule has 20 heavy (non-hydrogen) atoms. The van der Waals surface area contributed by atoms with E-state index >= 15 is 0 Å². The summed E-state index contributed by atoms with van der Waals surface area (Å²) < 4.78 is 6.80. The normalized spacial score (nSPS) is 10.8. The Balaban J connectivity index is 2.36. The van der Waals surface area contributed by atoms with Gasteiger partial charge in [-0.05, 0) is 12.1 Å². The van der Waals surface area contributed by atoms with Crippen LogP contribution in [0.5, 0.6) is 0 Å². The highest BCUT2D eigenvalue weighted by atomic mass is 32.1. The molecule has 100 valence electrons. The minimum Gasteiger partial charge on any atom is -0.464 e. The minimum absolute atomic E-state index is 0.0123. The van der Waals surface area contributed by atoms with Gasteiger partial charge in [0.05, 0.1) is 17.7 Å². The second-order valence-electron chi connectivity index (χ2n) is 4.24. The van der Waals surface area contributed by atoms with Crippen molar-refractivity contribution in [3.63, 3.8) is 0 Å². The fourth-order valence-electron chi connectivity index (χ4n) is 2.18. The summed E-state index contributed by atoms with van der Waals surface area (Å²) in [6, 6.07) is 5.60. The molecule has 0 spiro atoms. The third-order valence-corrected chi connectivity index (χ3v) is 3.98. The van der Waals surface area contributed by atoms with Crippen LogP contribution in [0.3, 0.4) is 0 Å². The van der Waals surface area contributed by atoms with Crippen LogP contribution in [0.4, 0.5) is 0 Å². The molecule has 0 aliphatic heterocycles. The average Bonchev–Trinajstić information content (AvgIpc) is 3.09. The lowest BCUT2D eigenvalue weighted by Gasteiger charge is -2.07. The quantitative estimate of drug-likeness (QED) is 0.741. The molecule has 3 heterocycles. The van der Waals surface area contributed by atoms with Gasteiger partial charge < -0.3 is 4.42 Å². The van der Waals surface area contributed by atoms with Crippen molar-refractivity contribution in [1.82, 2.24) is 9.55 Å². The highest BCUT2D eigenvalue weighted by Crippen LogP contribution is 2.31. The highest BCUT2D eigenvalue weighted by molar-refractivity contribution is 7.17. The van der Waals surface area contributed by atoms with E-state index in [1.165, 1.54) is 15.9 Å². The monoisotopic (exact) mass is 285 g/mol. The van der Waals surface area contributed by atoms with Crippen LogP contribution < -0.4 is 5.56 Å². The van der Waals surface area contributed by atoms with Gasteiger partial charge >= 0.3 is 0 Å². The van der Waals surface area contributed by atoms with E-state index in [4.69, 9.17) is 9.68 Å². The molecule has 3 aromatic heterocycles. The molecule has 5 nitrogen and oxygen atoms in total. The summed E-state index contributed by atoms with van der Waals surface area (Å²) >= 11 is 1.42. The smallest absolute Gasteiger partial charge is 0.263 e. The molecule has 0 aliphatic carbocycles. The van der Waals surface area contributed by atoms with Gasteiger partial charge in [-0.1, -0.05) is 6.92 Å². The van der Waals surface area contributed by atoms with Gasteiger partial charge in [0, 0.05) is 17.4 Å². The number of rotatable bonds is 3. The number of thiophene rings is 1. The van der Waals surface area contributed by atoms with Crippen molar-refractivity contribution >= 4 is 21.6 Å². The molecule has 3 rings (SSSR count). The summed E-state index contributed by atoms with van der Waals surface area (Å²) in [5, 5.41) is 11.3. The van der Waals surface area contributed by atoms with Gasteiger partial charge in [0.1, 0.15) is 23.0 Å². The average molecular weight is 285 g/mol. The Morgan fingerprint density at radius 1 is 1.55 bits per heavy atom. The van der Waals surface area contributed by atoms with Crippen LogP contribution in [-0.4, -0.2) is 9.55 Å². The van der Waals surface area contributed by atoms with Crippen molar-refractivity contribution in [2.45, 2.75) is 19.9 Å². The van der Waals surface area contributed by atoms with Crippen molar-refractivity contribution in [2.75, 3.05) is 0 Å². The van der Waals surface area contributed by atoms with E-state index in [1.807, 2.05) is 24.4 Å². The zero-order valence-corrected chi connectivity index (χ0v) is 11.6. The molecule has 0 aromatic carbocycles. The lowest BCUT2D eigenvalue weighted by Crippen LogP contribution is -2.24. The molecule has 0 atom stereocenters. The standard InChI is InChI=1S/C14H11N3O2S/c1-2-11-16-13-12(14(18)17(11)6-5-15)9(8-20-13)10-4-3-7-19-10/h3-4,7-8H,2,6H2,1H3. The molecule has 0 bridgehead atoms. The van der Waals surface area contributed by atoms with Crippen LogP contribution >= 0.6 is 11.3 Å². The summed E-state index contributed by atoms with van der Waals surface area (Å²) in [5.74, 6) is 1.28. The molecule has 0 radical (unpaired) electrons. The third-order valence-electron chi connectivity index (χ3n) is 3.10. The van der Waals surface area contributed by atoms with Gasteiger partial charge in [-0.25, -0.2) is 4.98 Å². The van der Waals surface area contributed by atoms with E-state index < -0.39 is 0 Å². The highest BCUT2D eigenvalue weighted by Gasteiger charge is 2.17. The summed E-state index contributed by atoms with van der Waals surface area (Å²) in [5.41, 5.74) is 0.558. The van der Waals surface area contributed by atoms with E-state index in [0.29, 0.717) is 28.2 Å². The van der Waals surface area contributed by atoms with E-state index in [0.717, 1.165) is 5.56 Å². The van der Waals surface area contributed by atoms with Crippen molar-refractivity contribution in [2.24, 2.45) is 0 Å². The first-order valence-corrected chi connectivity index (χ1v) is 7.06. The van der Waals surface area contributed by atoms with Crippen molar-refractivity contribution in [1.29, 1.82) is 5.26 Å². The number of fused-ring (bicyclic) bond motifs is 1. The van der Waals surface area contributed by atoms with Crippen molar-refractivity contribution in [3.8, 4) is 17.4 Å². The first kappa shape index (κ1) is 12.6. The van der Waals surface area contributed by atoms with Gasteiger partial charge in [-0.2, -0.15) is 5.26 Å². The summed E-state index contributed by atoms with van der Waals surface area (Å²) in [6.45, 7) is 1.93. The Morgan fingerprint density at radius 2 is 2.40 bits per heavy atom. The third kappa shape index (κ3) is 1.84. The maximum absolute atomic E-state index is 12.6. The van der Waals surface area contributed by atoms with Crippen LogP contribution in [0, 0.1) is 11.3 Å². The number of nitrogens with zero attached hydrogens (tertiary/aromatic N) is 3. The number of nitriles is 1. The first-order chi connectivity index (χ1) is 9.76. The molecule has 3 aromatic rings. The van der Waals surface area contributed by atoms with Crippen LogP contribution in [0.2, 0.25) is 0 Å². The number of aromatic nitrogens is 2. The summed E-state index contributed by atoms with van der Waals surface area (Å²) in [7, 11) is 0. The molecule has 0 unspecified atom stereocenters. The van der Waals surface area contributed by atoms with E-state index in [2.05, 4.69) is 4.98 Å². The molecule has 0 amide bonds. The topological polar surface area (TPSA) is 71.8 Å². The predicted octanol–water partition coefficient (Wildman–Crippen LogP) is 2.80. The Hall–Kier alpha value is -2.39. The zero-order valence-electron chi connectivity index (χ0n) is 10.8. The summed E-state index contributed by atoms with van der Waals surface area (Å²) in [4.78, 5) is 17.8. The molecular weight excluding hydrogens is 274 g/mol. The van der Waals surface area contributed by atoms with Crippen LogP contribution in [-0.2, 0) is 13.0 Å². The summed E-state index contributed by atoms with van der Waals surface area (Å²) in [6.07, 6.45) is 2.18. The number of furan rings is 1. The lowest BCUT2D eigenvalue weighted by atomic mass is 10.2. The van der Waals surface area contributed by atoms with Gasteiger partial charge in [0.2, 0.25) is 0 Å². The maximum atomic E-state index is 12.6. The van der Waals surface area contributed by atoms with Crippen molar-refractivity contribution < 1.29 is 4.42 Å². The minimum atomic E-state index is -0.180. The second kappa shape index (κ2) is 4.94. The van der Waals surface area contributed by atoms with Crippen LogP contribution in [0.25, 0.3) is 21.5 Å². The lowest BCUT2D eigenvalue weighted by molar-refractivity contribution is 0.583. The Kier molecular flexibility index (Phi) is 3.12. The largest absolute Gasteiger partial charge is 0.464 e. The van der Waals surface area contributed by atoms with E-state index in [1.54, 1.807) is 12.3 Å². The molecule has 0 saturated heterocycles. The number of aryl methyl sites for hydroxylation is 1. The zero-order chi connectivity index (χ0) is 14.1. The van der Waals surface area contributed by atoms with E-state index in [-0.39, 0.29) is 12.1 Å². The van der Waals surface area contributed by atoms with Gasteiger partial charge in [0.15, 0.2) is 0 Å². The maximum Gasteiger partial charge on any atom is 0.263 e. The molecule has 6 heteroatoms. The molecule has 0 fully saturated rings. The number of hydrogen-bond donors (Lipinski definition) is 0. The molecule has 0 N–H and O–H groups in total. The fourth-order valence-corrected chi connectivity index (χ4v) is 3.12. The molecule has 0 saturated carbocycles. The first-order valence-electron chi connectivity index (χ1n) is 6.18. The second-order valence-corrected chi connectivity index (χ2v) is 5.10. The fraction of sp³-hybridized carbons (Fsp3) is 0.214. The van der Waals surface area contributed by atoms with Crippen LogP contribution in [0.1, 0.15) is 12.7 Å².